The molecule has 0 saturated carbocycles. The number of rotatable bonds is 11. The summed E-state index contributed by atoms with van der Waals surface area (Å²) in [6.07, 6.45) is 0.216. The average molecular weight is 401 g/mol. The van der Waals surface area contributed by atoms with Crippen LogP contribution in [0.25, 0.3) is 11.3 Å². The molecule has 0 spiro atoms. The topological polar surface area (TPSA) is 6.48 Å². The summed E-state index contributed by atoms with van der Waals surface area (Å²) in [4.78, 5) is 3.77. The number of nitrogens with zero attached hydrogens (tertiary/aromatic N) is 2. The van der Waals surface area contributed by atoms with Crippen LogP contribution in [0.4, 0.5) is 18.2 Å². The molecule has 0 unspecified atom stereocenters. The molecule has 27 heavy (non-hydrogen) atoms. The van der Waals surface area contributed by atoms with Gasteiger partial charge in [-0.15, -0.1) is 11.3 Å². The Morgan fingerprint density at radius 2 is 1.78 bits per heavy atom. The first-order valence-corrected chi connectivity index (χ1v) is 10.2. The molecule has 0 atom stereocenters. The van der Waals surface area contributed by atoms with E-state index in [1.807, 2.05) is 18.7 Å². The van der Waals surface area contributed by atoms with Gasteiger partial charge in [0.1, 0.15) is 5.00 Å². The summed E-state index contributed by atoms with van der Waals surface area (Å²) in [5.41, 5.74) is 0.429. The molecule has 0 fully saturated rings. The predicted molar refractivity (Wildman–Crippen MR) is 113 cm³/mol. The van der Waals surface area contributed by atoms with E-state index in [0.29, 0.717) is 35.8 Å². The molecular weight excluding hydrogens is 369 g/mol. The summed E-state index contributed by atoms with van der Waals surface area (Å²) in [7, 11) is 1.76. The van der Waals surface area contributed by atoms with Crippen LogP contribution in [-0.2, 0) is 6.18 Å². The second-order valence-electron chi connectivity index (χ2n) is 6.53. The van der Waals surface area contributed by atoms with E-state index in [-0.39, 0.29) is 10.4 Å². The molecule has 1 rings (SSSR count). The number of anilines is 1. The van der Waals surface area contributed by atoms with Crippen LogP contribution in [0.15, 0.2) is 25.9 Å². The quantitative estimate of drug-likeness (QED) is 0.386. The zero-order valence-electron chi connectivity index (χ0n) is 16.9. The maximum atomic E-state index is 14.1. The highest BCUT2D eigenvalue weighted by molar-refractivity contribution is 7.17. The Labute approximate surface area is 165 Å². The number of allylic oxidation sites excluding steroid dienone is 1. The van der Waals surface area contributed by atoms with E-state index in [2.05, 4.69) is 26.7 Å². The lowest BCUT2D eigenvalue weighted by atomic mass is 10.0. The van der Waals surface area contributed by atoms with Crippen LogP contribution in [0, 0.1) is 0 Å². The highest BCUT2D eigenvalue weighted by atomic mass is 32.1. The Kier molecular flexibility index (Phi) is 8.66. The summed E-state index contributed by atoms with van der Waals surface area (Å²) in [6, 6.07) is 0. The highest BCUT2D eigenvalue weighted by Gasteiger charge is 2.41. The van der Waals surface area contributed by atoms with Gasteiger partial charge in [-0.05, 0) is 31.5 Å². The normalized spacial score (nSPS) is 11.4. The van der Waals surface area contributed by atoms with Crippen LogP contribution in [0.2, 0.25) is 0 Å². The van der Waals surface area contributed by atoms with Gasteiger partial charge in [0.15, 0.2) is 0 Å². The van der Waals surface area contributed by atoms with Gasteiger partial charge in [0.25, 0.3) is 0 Å². The van der Waals surface area contributed by atoms with Crippen molar-refractivity contribution < 1.29 is 13.2 Å². The van der Waals surface area contributed by atoms with E-state index in [0.717, 1.165) is 30.6 Å². The molecule has 0 aliphatic carbocycles. The second-order valence-corrected chi connectivity index (χ2v) is 7.53. The van der Waals surface area contributed by atoms with Gasteiger partial charge in [0, 0.05) is 36.3 Å². The Bertz CT molecular complexity index is 674. The summed E-state index contributed by atoms with van der Waals surface area (Å²) < 4.78 is 42.4. The van der Waals surface area contributed by atoms with E-state index in [1.54, 1.807) is 18.1 Å². The minimum Gasteiger partial charge on any atom is -0.375 e. The van der Waals surface area contributed by atoms with Gasteiger partial charge in [-0.3, -0.25) is 0 Å². The van der Waals surface area contributed by atoms with Crippen molar-refractivity contribution in [1.82, 2.24) is 4.90 Å². The third kappa shape index (κ3) is 5.41. The summed E-state index contributed by atoms with van der Waals surface area (Å²) in [5.74, 6) is 0. The number of hydrogen-bond donors (Lipinski definition) is 0. The molecule has 1 aromatic heterocycles. The van der Waals surface area contributed by atoms with Crippen LogP contribution < -0.4 is 4.90 Å². The third-order valence-corrected chi connectivity index (χ3v) is 5.83. The third-order valence-electron chi connectivity index (χ3n) is 4.50. The van der Waals surface area contributed by atoms with E-state index >= 15 is 0 Å². The molecule has 0 aliphatic rings. The van der Waals surface area contributed by atoms with Crippen molar-refractivity contribution in [2.24, 2.45) is 0 Å². The van der Waals surface area contributed by atoms with Crippen molar-refractivity contribution in [1.29, 1.82) is 0 Å². The zero-order valence-corrected chi connectivity index (χ0v) is 17.7. The SMILES string of the molecule is C=CN(CCCC)c1sc(C(=C)CCC)c(C(F)(F)F)c1C(=C)N(C)CC. The standard InChI is InChI=1S/C21H31F3N2S/c1-8-12-14-26(11-4)20-17(16(6)25(7)10-3)18(21(22,23)24)19(27-20)15(5)13-9-2/h11H,4-6,8-10,12-14H2,1-3,7H3. The van der Waals surface area contributed by atoms with Crippen molar-refractivity contribution in [3.05, 3.63) is 41.9 Å². The molecule has 0 aliphatic heterocycles. The Morgan fingerprint density at radius 3 is 2.22 bits per heavy atom. The fourth-order valence-electron chi connectivity index (χ4n) is 2.81. The lowest BCUT2D eigenvalue weighted by Crippen LogP contribution is -2.22. The molecule has 0 saturated heterocycles. The van der Waals surface area contributed by atoms with Crippen LogP contribution >= 0.6 is 11.3 Å². The first-order valence-electron chi connectivity index (χ1n) is 9.35. The van der Waals surface area contributed by atoms with Gasteiger partial charge in [-0.25, -0.2) is 0 Å². The van der Waals surface area contributed by atoms with E-state index in [4.69, 9.17) is 0 Å². The Hall–Kier alpha value is -1.69. The summed E-state index contributed by atoms with van der Waals surface area (Å²) in [5, 5.41) is 0.545. The maximum Gasteiger partial charge on any atom is 0.418 e. The van der Waals surface area contributed by atoms with Gasteiger partial charge in [-0.2, -0.15) is 13.2 Å². The Morgan fingerprint density at radius 1 is 1.15 bits per heavy atom. The molecule has 0 amide bonds. The number of halogens is 3. The van der Waals surface area contributed by atoms with Crippen molar-refractivity contribution in [2.45, 2.75) is 52.6 Å². The first kappa shape index (κ1) is 23.3. The minimum absolute atomic E-state index is 0.153. The fourth-order valence-corrected chi connectivity index (χ4v) is 4.17. The predicted octanol–water partition coefficient (Wildman–Crippen LogP) is 7.25. The smallest absolute Gasteiger partial charge is 0.375 e. The van der Waals surface area contributed by atoms with E-state index < -0.39 is 11.7 Å². The van der Waals surface area contributed by atoms with Crippen molar-refractivity contribution in [3.8, 4) is 0 Å². The number of alkyl halides is 3. The van der Waals surface area contributed by atoms with Gasteiger partial charge >= 0.3 is 6.18 Å². The van der Waals surface area contributed by atoms with Crippen molar-refractivity contribution in [3.63, 3.8) is 0 Å². The van der Waals surface area contributed by atoms with Crippen molar-refractivity contribution >= 4 is 27.6 Å². The summed E-state index contributed by atoms with van der Waals surface area (Å²) in [6.45, 7) is 18.8. The molecule has 0 radical (unpaired) electrons. The summed E-state index contributed by atoms with van der Waals surface area (Å²) >= 11 is 1.15. The largest absolute Gasteiger partial charge is 0.418 e. The average Bonchev–Trinajstić information content (AvgIpc) is 3.02. The lowest BCUT2D eigenvalue weighted by molar-refractivity contribution is -0.137. The van der Waals surface area contributed by atoms with Gasteiger partial charge < -0.3 is 9.80 Å². The zero-order chi connectivity index (χ0) is 20.8. The highest BCUT2D eigenvalue weighted by Crippen LogP contribution is 2.50. The molecule has 6 heteroatoms. The monoisotopic (exact) mass is 400 g/mol. The van der Waals surface area contributed by atoms with Gasteiger partial charge in [-0.1, -0.05) is 46.4 Å². The first-order chi connectivity index (χ1) is 12.6. The molecular formula is C21H31F3N2S. The van der Waals surface area contributed by atoms with E-state index in [9.17, 15) is 13.2 Å². The molecule has 152 valence electrons. The molecule has 0 bridgehead atoms. The number of thiophene rings is 1. The fraction of sp³-hybridized carbons (Fsp3) is 0.524. The van der Waals surface area contributed by atoms with Crippen LogP contribution in [0.3, 0.4) is 0 Å². The van der Waals surface area contributed by atoms with E-state index in [1.165, 1.54) is 0 Å². The maximum absolute atomic E-state index is 14.1. The van der Waals surface area contributed by atoms with Crippen LogP contribution in [-0.4, -0.2) is 25.0 Å². The molecule has 0 aromatic carbocycles. The molecule has 1 heterocycles. The second kappa shape index (κ2) is 10.0. The molecule has 1 aromatic rings. The van der Waals surface area contributed by atoms with Gasteiger partial charge in [0.05, 0.1) is 5.56 Å². The minimum atomic E-state index is -4.48. The molecule has 2 nitrogen and oxygen atoms in total. The lowest BCUT2D eigenvalue weighted by Gasteiger charge is -2.26. The van der Waals surface area contributed by atoms with Gasteiger partial charge in [0.2, 0.25) is 0 Å². The number of unbranched alkanes of at least 4 members (excludes halogenated alkanes) is 1. The molecule has 0 N–H and O–H groups in total. The number of hydrogen-bond acceptors (Lipinski definition) is 3. The Balaban J connectivity index is 3.76. The van der Waals surface area contributed by atoms with Crippen LogP contribution in [0.5, 0.6) is 0 Å². The van der Waals surface area contributed by atoms with Crippen LogP contribution in [0.1, 0.15) is 62.5 Å². The van der Waals surface area contributed by atoms with Crippen molar-refractivity contribution in [2.75, 3.05) is 25.0 Å².